The van der Waals surface area contributed by atoms with Crippen molar-refractivity contribution in [2.45, 2.75) is 78.5 Å². The van der Waals surface area contributed by atoms with Gasteiger partial charge in [-0.3, -0.25) is 0 Å². The van der Waals surface area contributed by atoms with Crippen molar-refractivity contribution >= 4 is 44.1 Å². The first kappa shape index (κ1) is 33.6. The van der Waals surface area contributed by atoms with Crippen LogP contribution in [0.5, 0.6) is 46.0 Å². The van der Waals surface area contributed by atoms with E-state index in [1.807, 2.05) is 104 Å². The fourth-order valence-electron chi connectivity index (χ4n) is 8.66. The monoisotopic (exact) mass is 802 g/mol. The Morgan fingerprint density at radius 3 is 0.717 bits per heavy atom. The highest BCUT2D eigenvalue weighted by Crippen LogP contribution is 2.50. The highest BCUT2D eigenvalue weighted by molar-refractivity contribution is 6.08. The van der Waals surface area contributed by atoms with Crippen LogP contribution in [0.25, 0.3) is 89.7 Å². The maximum atomic E-state index is 6.20. The predicted octanol–water partition coefficient (Wildman–Crippen LogP) is 8.90. The van der Waals surface area contributed by atoms with Crippen molar-refractivity contribution < 1.29 is 37.9 Å². The predicted molar refractivity (Wildman–Crippen MR) is 217 cm³/mol. The van der Waals surface area contributed by atoms with Crippen LogP contribution in [0.1, 0.15) is 55.4 Å². The molecule has 4 aromatic carbocycles. The van der Waals surface area contributed by atoms with Gasteiger partial charge in [0.2, 0.25) is 23.1 Å². The van der Waals surface area contributed by atoms with Gasteiger partial charge in [-0.2, -0.15) is 0 Å². The highest BCUT2D eigenvalue weighted by Gasteiger charge is 2.38. The first-order valence-electron chi connectivity index (χ1n) is 19.6. The molecular formula is C44H34N8O8. The van der Waals surface area contributed by atoms with Gasteiger partial charge in [-0.1, -0.05) is 0 Å². The highest BCUT2D eigenvalue weighted by atomic mass is 16.7. The third kappa shape index (κ3) is 4.84. The summed E-state index contributed by atoms with van der Waals surface area (Å²) in [6.07, 6.45) is 0. The standard InChI is InChI=1S/C44H34N8O8/c1-41(2)53-25-9-17-18(10-26(25)54-41)34-45-33(17)49-35-19-11-27-29(57-42(3,4)55-27)13-21(19)37(46-35)51-39-23-15-31-32(60-44(7,8)59-31)16-24(23)40(48-39)52-38-22-14-30-28(56-43(5,6)58-30)12-20(22)36(47-38)50-34/h9-16H,1-8H3,(H2,45,46,47,48,49,50,51,52). The van der Waals surface area contributed by atoms with Crippen molar-refractivity contribution in [3.05, 3.63) is 48.5 Å². The Kier molecular flexibility index (Phi) is 5.84. The van der Waals surface area contributed by atoms with E-state index in [0.717, 1.165) is 21.5 Å². The minimum absolute atomic E-state index is 0.397. The summed E-state index contributed by atoms with van der Waals surface area (Å²) in [5, 5.41) is 2.92. The third-order valence-electron chi connectivity index (χ3n) is 10.9. The van der Waals surface area contributed by atoms with Gasteiger partial charge in [0.05, 0.1) is 0 Å². The molecule has 8 bridgehead atoms. The molecule has 6 aliphatic heterocycles. The number of rotatable bonds is 0. The van der Waals surface area contributed by atoms with Crippen LogP contribution in [0.2, 0.25) is 0 Å². The summed E-state index contributed by atoms with van der Waals surface area (Å²) in [7, 11) is 0. The number of aromatic nitrogens is 8. The van der Waals surface area contributed by atoms with E-state index in [1.54, 1.807) is 0 Å². The maximum Gasteiger partial charge on any atom is 0.246 e. The summed E-state index contributed by atoms with van der Waals surface area (Å²) in [4.78, 5) is 37.9. The van der Waals surface area contributed by atoms with Crippen LogP contribution in [0.4, 0.5) is 0 Å². The van der Waals surface area contributed by atoms with Gasteiger partial charge in [-0.25, -0.2) is 29.9 Å². The Bertz CT molecular complexity index is 2940. The molecule has 298 valence electrons. The Labute approximate surface area is 339 Å². The molecule has 0 atom stereocenters. The van der Waals surface area contributed by atoms with Gasteiger partial charge < -0.3 is 47.9 Å². The number of H-pyrrole nitrogens is 2. The lowest BCUT2D eigenvalue weighted by Gasteiger charge is -2.16. The zero-order valence-electron chi connectivity index (χ0n) is 33.6. The van der Waals surface area contributed by atoms with Crippen molar-refractivity contribution in [1.82, 2.24) is 39.9 Å². The molecule has 9 heterocycles. The van der Waals surface area contributed by atoms with Crippen molar-refractivity contribution in [1.29, 1.82) is 0 Å². The summed E-state index contributed by atoms with van der Waals surface area (Å²) >= 11 is 0. The van der Waals surface area contributed by atoms with Crippen LogP contribution >= 0.6 is 0 Å². The summed E-state index contributed by atoms with van der Waals surface area (Å²) in [6.45, 7) is 14.9. The zero-order valence-corrected chi connectivity index (χ0v) is 33.6. The molecule has 13 rings (SSSR count). The number of nitrogens with zero attached hydrogens (tertiary/aromatic N) is 6. The van der Waals surface area contributed by atoms with E-state index in [9.17, 15) is 0 Å². The minimum Gasteiger partial charge on any atom is -0.449 e. The molecule has 0 aliphatic carbocycles. The Morgan fingerprint density at radius 2 is 0.500 bits per heavy atom. The van der Waals surface area contributed by atoms with E-state index >= 15 is 0 Å². The molecule has 60 heavy (non-hydrogen) atoms. The molecule has 6 aliphatic rings. The van der Waals surface area contributed by atoms with E-state index in [-0.39, 0.29) is 0 Å². The molecule has 7 aromatic rings. The van der Waals surface area contributed by atoms with Crippen LogP contribution < -0.4 is 37.9 Å². The first-order valence-corrected chi connectivity index (χ1v) is 19.6. The molecule has 0 spiro atoms. The fraction of sp³-hybridized carbons (Fsp3) is 0.273. The molecule has 0 unspecified atom stereocenters. The van der Waals surface area contributed by atoms with E-state index in [4.69, 9.17) is 67.8 Å². The van der Waals surface area contributed by atoms with Gasteiger partial charge in [0.1, 0.15) is 22.6 Å². The van der Waals surface area contributed by atoms with Gasteiger partial charge in [-0.15, -0.1) is 0 Å². The number of hydrogen-bond donors (Lipinski definition) is 2. The smallest absolute Gasteiger partial charge is 0.246 e. The average molecular weight is 803 g/mol. The van der Waals surface area contributed by atoms with Gasteiger partial charge >= 0.3 is 0 Å². The number of aromatic amines is 2. The number of benzene rings is 4. The molecule has 0 saturated heterocycles. The second-order valence-electron chi connectivity index (χ2n) is 17.4. The second-order valence-corrected chi connectivity index (χ2v) is 17.4. The summed E-state index contributed by atoms with van der Waals surface area (Å²) in [6, 6.07) is 15.2. The first-order chi connectivity index (χ1) is 28.5. The normalized spacial score (nSPS) is 18.3. The number of ether oxygens (including phenoxy) is 8. The molecular weight excluding hydrogens is 769 g/mol. The van der Waals surface area contributed by atoms with Crippen molar-refractivity contribution in [3.63, 3.8) is 0 Å². The van der Waals surface area contributed by atoms with Gasteiger partial charge in [0.15, 0.2) is 69.3 Å². The van der Waals surface area contributed by atoms with Gasteiger partial charge in [0, 0.05) is 99.2 Å². The largest absolute Gasteiger partial charge is 0.449 e. The summed E-state index contributed by atoms with van der Waals surface area (Å²) < 4.78 is 49.6. The zero-order chi connectivity index (χ0) is 40.8. The second kappa shape index (κ2) is 10.4. The molecule has 0 fully saturated rings. The third-order valence-corrected chi connectivity index (χ3v) is 10.9. The molecule has 16 heteroatoms. The van der Waals surface area contributed by atoms with Crippen molar-refractivity contribution in [2.75, 3.05) is 0 Å². The SMILES string of the molecule is CC1(C)Oc2cc3c(cc2O1)-c1nc-3nc2[nH]c(nc3nc(nc4[nH]c(n1)c1cc5c(cc41)OC(C)(C)O5)-c1cc4c(cc1-3)OC(C)(C)O4)c1cc3c(cc21)OC(C)(C)O3. The van der Waals surface area contributed by atoms with Crippen LogP contribution in [0.3, 0.4) is 0 Å². The molecule has 16 nitrogen and oxygen atoms in total. The Morgan fingerprint density at radius 1 is 0.300 bits per heavy atom. The average Bonchev–Trinajstić information content (AvgIpc) is 4.02. The Balaban J connectivity index is 1.17. The van der Waals surface area contributed by atoms with Crippen LogP contribution in [-0.4, -0.2) is 63.0 Å². The van der Waals surface area contributed by atoms with Gasteiger partial charge in [-0.05, 0) is 48.5 Å². The minimum atomic E-state index is -0.868. The van der Waals surface area contributed by atoms with Crippen LogP contribution in [0, 0.1) is 0 Å². The van der Waals surface area contributed by atoms with Crippen molar-refractivity contribution in [2.24, 2.45) is 0 Å². The fourth-order valence-corrected chi connectivity index (χ4v) is 8.66. The lowest BCUT2D eigenvalue weighted by Crippen LogP contribution is -2.29. The van der Waals surface area contributed by atoms with E-state index < -0.39 is 23.1 Å². The van der Waals surface area contributed by atoms with Crippen LogP contribution in [0.15, 0.2) is 48.5 Å². The van der Waals surface area contributed by atoms with E-state index in [2.05, 4.69) is 9.97 Å². The molecule has 0 radical (unpaired) electrons. The molecule has 0 saturated carbocycles. The lowest BCUT2D eigenvalue weighted by atomic mass is 10.1. The maximum absolute atomic E-state index is 6.20. The molecule has 2 N–H and O–H groups in total. The number of fused-ring (bicyclic) bond motifs is 24. The lowest BCUT2D eigenvalue weighted by molar-refractivity contribution is -0.0437. The quantitative estimate of drug-likeness (QED) is 0.148. The van der Waals surface area contributed by atoms with Gasteiger partial charge in [0.25, 0.3) is 0 Å². The molecule has 3 aromatic heterocycles. The van der Waals surface area contributed by atoms with Crippen LogP contribution in [-0.2, 0) is 0 Å². The van der Waals surface area contributed by atoms with Crippen molar-refractivity contribution in [3.8, 4) is 91.5 Å². The topological polar surface area (TPSA) is 183 Å². The molecule has 0 amide bonds. The van der Waals surface area contributed by atoms with E-state index in [1.165, 1.54) is 0 Å². The summed E-state index contributed by atoms with van der Waals surface area (Å²) in [5.41, 5.74) is 4.75. The number of hydrogen-bond acceptors (Lipinski definition) is 14. The van der Waals surface area contributed by atoms with E-state index in [0.29, 0.717) is 114 Å². The Hall–Kier alpha value is -7.36. The number of nitrogens with one attached hydrogen (secondary N) is 2. The summed E-state index contributed by atoms with van der Waals surface area (Å²) in [5.74, 6) is 2.72.